The molecular weight excluding hydrogens is 446 g/mol. The van der Waals surface area contributed by atoms with Gasteiger partial charge >= 0.3 is 6.09 Å². The van der Waals surface area contributed by atoms with Gasteiger partial charge in [0, 0.05) is 35.0 Å². The Morgan fingerprint density at radius 1 is 1.16 bits per heavy atom. The van der Waals surface area contributed by atoms with E-state index in [4.69, 9.17) is 16.3 Å². The molecule has 0 saturated heterocycles. The highest BCUT2D eigenvalue weighted by molar-refractivity contribution is 7.85. The summed E-state index contributed by atoms with van der Waals surface area (Å²) >= 11 is 5.94. The number of anilines is 1. The van der Waals surface area contributed by atoms with E-state index in [-0.39, 0.29) is 28.6 Å². The summed E-state index contributed by atoms with van der Waals surface area (Å²) in [5, 5.41) is 16.1. The number of nitro benzene ring substituents is 1. The van der Waals surface area contributed by atoms with Crippen LogP contribution in [0.3, 0.4) is 0 Å². The van der Waals surface area contributed by atoms with Crippen molar-refractivity contribution >= 4 is 45.8 Å². The number of nitrogens with zero attached hydrogens (tertiary/aromatic N) is 1. The molecule has 0 heterocycles. The van der Waals surface area contributed by atoms with Gasteiger partial charge in [0.2, 0.25) is 0 Å². The lowest BCUT2D eigenvalue weighted by Gasteiger charge is -2.19. The monoisotopic (exact) mass is 467 g/mol. The topological polar surface area (TPSA) is 128 Å². The zero-order chi connectivity index (χ0) is 23.2. The molecule has 2 aromatic carbocycles. The molecule has 2 N–H and O–H groups in total. The number of nitrogens with one attached hydrogen (secondary N) is 2. The number of ether oxygens (including phenoxy) is 1. The molecule has 0 aliphatic rings. The maximum Gasteiger partial charge on any atom is 0.412 e. The van der Waals surface area contributed by atoms with Gasteiger partial charge in [-0.1, -0.05) is 11.6 Å². The number of carbonyl (C=O) groups is 2. The number of carbonyl (C=O) groups excluding carboxylic acids is 2. The van der Waals surface area contributed by atoms with Crippen LogP contribution in [0.15, 0.2) is 47.4 Å². The molecule has 0 saturated carbocycles. The van der Waals surface area contributed by atoms with Crippen molar-refractivity contribution in [3.05, 3.63) is 63.2 Å². The molecule has 2 aromatic rings. The lowest BCUT2D eigenvalue weighted by Crippen LogP contribution is -2.28. The molecule has 0 spiro atoms. The van der Waals surface area contributed by atoms with Gasteiger partial charge in [0.25, 0.3) is 11.6 Å². The lowest BCUT2D eigenvalue weighted by atomic mass is 10.2. The molecule has 0 fully saturated rings. The smallest absolute Gasteiger partial charge is 0.412 e. The Hall–Kier alpha value is -2.98. The molecule has 1 unspecified atom stereocenters. The largest absolute Gasteiger partial charge is 0.444 e. The van der Waals surface area contributed by atoms with Gasteiger partial charge in [0.15, 0.2) is 0 Å². The van der Waals surface area contributed by atoms with Crippen molar-refractivity contribution in [1.29, 1.82) is 0 Å². The molecule has 0 aliphatic carbocycles. The van der Waals surface area contributed by atoms with Gasteiger partial charge in [-0.3, -0.25) is 24.4 Å². The molecule has 9 nitrogen and oxygen atoms in total. The van der Waals surface area contributed by atoms with Crippen molar-refractivity contribution in [2.75, 3.05) is 17.6 Å². The maximum absolute atomic E-state index is 12.4. The highest BCUT2D eigenvalue weighted by Gasteiger charge is 2.17. The second-order valence-electron chi connectivity index (χ2n) is 7.38. The fourth-order valence-electron chi connectivity index (χ4n) is 2.38. The van der Waals surface area contributed by atoms with Gasteiger partial charge < -0.3 is 10.1 Å². The summed E-state index contributed by atoms with van der Waals surface area (Å²) in [5.74, 6) is -0.473. The first-order valence-corrected chi connectivity index (χ1v) is 10.9. The third-order valence-electron chi connectivity index (χ3n) is 3.74. The van der Waals surface area contributed by atoms with Gasteiger partial charge in [-0.15, -0.1) is 0 Å². The maximum atomic E-state index is 12.4. The van der Waals surface area contributed by atoms with E-state index in [9.17, 15) is 23.9 Å². The predicted octanol–water partition coefficient (Wildman–Crippen LogP) is 4.13. The van der Waals surface area contributed by atoms with Crippen LogP contribution in [-0.2, 0) is 15.5 Å². The van der Waals surface area contributed by atoms with E-state index in [1.807, 2.05) is 0 Å². The Bertz CT molecular complexity index is 1000. The van der Waals surface area contributed by atoms with Crippen LogP contribution in [-0.4, -0.2) is 39.0 Å². The zero-order valence-corrected chi connectivity index (χ0v) is 18.7. The third-order valence-corrected chi connectivity index (χ3v) is 5.44. The first-order valence-electron chi connectivity index (χ1n) is 9.17. The van der Waals surface area contributed by atoms with Gasteiger partial charge in [-0.05, 0) is 51.1 Å². The average Bonchev–Trinajstić information content (AvgIpc) is 2.67. The van der Waals surface area contributed by atoms with Crippen LogP contribution in [0.25, 0.3) is 0 Å². The van der Waals surface area contributed by atoms with E-state index in [1.165, 1.54) is 12.1 Å². The summed E-state index contributed by atoms with van der Waals surface area (Å²) in [4.78, 5) is 34.7. The Labute approximate surface area is 186 Å². The Kier molecular flexibility index (Phi) is 8.12. The minimum atomic E-state index is -1.41. The highest BCUT2D eigenvalue weighted by atomic mass is 35.5. The molecule has 0 bridgehead atoms. The number of hydrogen-bond donors (Lipinski definition) is 2. The number of benzene rings is 2. The molecule has 2 rings (SSSR count). The molecule has 2 amide bonds. The molecular formula is C20H22ClN3O6S. The van der Waals surface area contributed by atoms with Crippen LogP contribution in [0.5, 0.6) is 0 Å². The normalized spacial score (nSPS) is 12.0. The van der Waals surface area contributed by atoms with Crippen molar-refractivity contribution < 1.29 is 23.5 Å². The van der Waals surface area contributed by atoms with Gasteiger partial charge in [0.1, 0.15) is 5.60 Å². The van der Waals surface area contributed by atoms with Crippen molar-refractivity contribution in [3.63, 3.8) is 0 Å². The third kappa shape index (κ3) is 7.65. The Morgan fingerprint density at radius 2 is 1.81 bits per heavy atom. The Morgan fingerprint density at radius 3 is 2.39 bits per heavy atom. The minimum Gasteiger partial charge on any atom is -0.444 e. The summed E-state index contributed by atoms with van der Waals surface area (Å²) < 4.78 is 17.6. The first kappa shape index (κ1) is 24.3. The molecule has 31 heavy (non-hydrogen) atoms. The van der Waals surface area contributed by atoms with E-state index >= 15 is 0 Å². The highest BCUT2D eigenvalue weighted by Crippen LogP contribution is 2.22. The summed E-state index contributed by atoms with van der Waals surface area (Å²) in [6.07, 6.45) is -0.594. The van der Waals surface area contributed by atoms with E-state index in [1.54, 1.807) is 45.0 Å². The Balaban J connectivity index is 1.89. The average molecular weight is 468 g/mol. The van der Waals surface area contributed by atoms with Crippen molar-refractivity contribution in [1.82, 2.24) is 5.32 Å². The van der Waals surface area contributed by atoms with Crippen molar-refractivity contribution in [3.8, 4) is 0 Å². The summed E-state index contributed by atoms with van der Waals surface area (Å²) in [6.45, 7) is 5.34. The van der Waals surface area contributed by atoms with Gasteiger partial charge in [-0.25, -0.2) is 4.79 Å². The number of nitro groups is 1. The fourth-order valence-corrected chi connectivity index (χ4v) is 3.55. The van der Waals surface area contributed by atoms with Crippen molar-refractivity contribution in [2.45, 2.75) is 31.3 Å². The van der Waals surface area contributed by atoms with Crippen LogP contribution < -0.4 is 10.6 Å². The van der Waals surface area contributed by atoms with Crippen LogP contribution in [0.2, 0.25) is 5.02 Å². The van der Waals surface area contributed by atoms with Crippen LogP contribution in [0.4, 0.5) is 16.2 Å². The second kappa shape index (κ2) is 10.4. The first-order chi connectivity index (χ1) is 14.5. The van der Waals surface area contributed by atoms with Gasteiger partial charge in [-0.2, -0.15) is 0 Å². The van der Waals surface area contributed by atoms with Crippen LogP contribution in [0, 0.1) is 10.1 Å². The fraction of sp³-hybridized carbons (Fsp3) is 0.300. The molecule has 1 atom stereocenters. The molecule has 0 aromatic heterocycles. The van der Waals surface area contributed by atoms with E-state index in [2.05, 4.69) is 10.6 Å². The summed E-state index contributed by atoms with van der Waals surface area (Å²) in [7, 11) is -1.41. The summed E-state index contributed by atoms with van der Waals surface area (Å²) in [5.41, 5.74) is -0.411. The van der Waals surface area contributed by atoms with Gasteiger partial charge in [0.05, 0.1) is 26.3 Å². The molecule has 11 heteroatoms. The van der Waals surface area contributed by atoms with Crippen molar-refractivity contribution in [2.24, 2.45) is 0 Å². The molecule has 166 valence electrons. The number of amides is 2. The number of non-ortho nitro benzene ring substituents is 1. The van der Waals surface area contributed by atoms with Crippen LogP contribution >= 0.6 is 11.6 Å². The SMILES string of the molecule is CC(C)(C)OC(=O)Nc1ccc(S(=O)CCNC(=O)c2cc([N+](=O)[O-])ccc2Cl)cc1. The van der Waals surface area contributed by atoms with E-state index < -0.39 is 33.3 Å². The standard InChI is InChI=1S/C20H22ClN3O6S/c1-20(2,3)30-19(26)23-13-4-7-15(8-5-13)31(29)11-10-22-18(25)16-12-14(24(27)28)6-9-17(16)21/h4-9,12H,10-11H2,1-3H3,(H,22,25)(H,23,26). The molecule has 0 radical (unpaired) electrons. The minimum absolute atomic E-state index is 0.0285. The molecule has 0 aliphatic heterocycles. The zero-order valence-electron chi connectivity index (χ0n) is 17.1. The van der Waals surface area contributed by atoms with Crippen LogP contribution in [0.1, 0.15) is 31.1 Å². The number of hydrogen-bond acceptors (Lipinski definition) is 6. The lowest BCUT2D eigenvalue weighted by molar-refractivity contribution is -0.384. The quantitative estimate of drug-likeness (QED) is 0.465. The van der Waals surface area contributed by atoms with E-state index in [0.717, 1.165) is 6.07 Å². The van der Waals surface area contributed by atoms with E-state index in [0.29, 0.717) is 10.6 Å². The number of rotatable bonds is 7. The number of halogens is 1. The summed E-state index contributed by atoms with van der Waals surface area (Å²) in [6, 6.07) is 9.96. The predicted molar refractivity (Wildman–Crippen MR) is 118 cm³/mol. The second-order valence-corrected chi connectivity index (χ2v) is 9.36.